The molecule has 0 bridgehead atoms. The maximum Gasteiger partial charge on any atom is 2.00 e. The summed E-state index contributed by atoms with van der Waals surface area (Å²) in [6, 6.07) is 44.3. The van der Waals surface area contributed by atoms with E-state index < -0.39 is 31.3 Å². The summed E-state index contributed by atoms with van der Waals surface area (Å²) in [4.78, 5) is 22.0. The van der Waals surface area contributed by atoms with E-state index in [2.05, 4.69) is 54.0 Å². The summed E-state index contributed by atoms with van der Waals surface area (Å²) in [7, 11) is -12.2. The number of pyridine rings is 4. The number of alkyl halides is 6. The molecule has 12 nitrogen and oxygen atoms in total. The van der Waals surface area contributed by atoms with Crippen LogP contribution in [-0.4, -0.2) is 56.9 Å². The molecule has 0 fully saturated rings. The average molecular weight is 1020 g/mol. The molecule has 4 heterocycles. The largest absolute Gasteiger partial charge is 2.00 e. The normalized spacial score (nSPS) is 11.1. The van der Waals surface area contributed by atoms with Crippen molar-refractivity contribution in [2.24, 2.45) is 0 Å². The molecule has 0 radical (unpaired) electrons. The Morgan fingerprint density at radius 3 is 0.807 bits per heavy atom. The van der Waals surface area contributed by atoms with Crippen molar-refractivity contribution in [2.75, 3.05) is 9.80 Å². The molecule has 0 unspecified atom stereocenters. The molecule has 0 atom stereocenters. The Morgan fingerprint density at radius 1 is 0.421 bits per heavy atom. The van der Waals surface area contributed by atoms with Crippen molar-refractivity contribution in [1.82, 2.24) is 19.9 Å². The van der Waals surface area contributed by atoms with E-state index in [1.807, 2.05) is 109 Å². The summed E-state index contributed by atoms with van der Waals surface area (Å²) in [5.41, 5.74) is -8.84. The van der Waals surface area contributed by atoms with Crippen LogP contribution in [0.4, 0.5) is 49.6 Å². The van der Waals surface area contributed by atoms with Gasteiger partial charge in [-0.15, -0.1) is 0 Å². The fraction of sp³-hybridized carbons (Fsp3) is 0.111. The van der Waals surface area contributed by atoms with Crippen molar-refractivity contribution in [3.63, 3.8) is 0 Å². The summed E-state index contributed by atoms with van der Waals surface area (Å²) >= 11 is 0. The van der Waals surface area contributed by atoms with E-state index in [1.165, 1.54) is 11.1 Å². The van der Waals surface area contributed by atoms with E-state index in [1.54, 1.807) is 24.8 Å². The topological polar surface area (TPSA) is 172 Å². The van der Waals surface area contributed by atoms with Crippen LogP contribution in [-0.2, 0) is 54.4 Å². The summed E-state index contributed by atoms with van der Waals surface area (Å²) in [5.74, 6) is 3.59. The molecule has 21 heteroatoms. The van der Waals surface area contributed by atoms with Gasteiger partial charge in [-0.1, -0.05) is 84.9 Å². The smallest absolute Gasteiger partial charge is 0.741 e. The molecule has 0 aliphatic heterocycles. The van der Waals surface area contributed by atoms with E-state index in [0.717, 1.165) is 36.4 Å². The molecule has 0 aliphatic carbocycles. The zero-order chi connectivity index (χ0) is 41.2. The van der Waals surface area contributed by atoms with Crippen LogP contribution in [0.3, 0.4) is 0 Å². The van der Waals surface area contributed by atoms with E-state index in [-0.39, 0.29) is 21.1 Å². The number of rotatable bonds is 8. The second-order valence-electron chi connectivity index (χ2n) is 10.7. The first-order valence-electron chi connectivity index (χ1n) is 15.7. The van der Waals surface area contributed by atoms with Crippen LogP contribution in [0, 0.1) is 0 Å². The minimum atomic E-state index is -6.09. The number of nitrogens with zero attached hydrogens (tertiary/aromatic N) is 6. The summed E-state index contributed by atoms with van der Waals surface area (Å²) in [5, 5.41) is 0. The van der Waals surface area contributed by atoms with Crippen LogP contribution >= 0.6 is 0 Å². The van der Waals surface area contributed by atoms with Gasteiger partial charge < -0.3 is 18.9 Å². The summed E-state index contributed by atoms with van der Waals surface area (Å²) < 4.78 is 118. The Labute approximate surface area is 338 Å². The van der Waals surface area contributed by atoms with Crippen LogP contribution in [0.5, 0.6) is 0 Å². The van der Waals surface area contributed by atoms with E-state index in [4.69, 9.17) is 25.9 Å². The maximum atomic E-state index is 10.7. The van der Waals surface area contributed by atoms with Gasteiger partial charge in [0, 0.05) is 24.8 Å². The third kappa shape index (κ3) is 16.8. The van der Waals surface area contributed by atoms with Gasteiger partial charge in [0.2, 0.25) is 0 Å². The third-order valence-corrected chi connectivity index (χ3v) is 7.77. The molecular weight excluding hydrogens is 986 g/mol. The molecule has 0 saturated carbocycles. The van der Waals surface area contributed by atoms with Crippen LogP contribution in [0.2, 0.25) is 0 Å². The molecule has 0 amide bonds. The zero-order valence-electron chi connectivity index (χ0n) is 29.0. The van der Waals surface area contributed by atoms with E-state index >= 15 is 0 Å². The molecule has 304 valence electrons. The van der Waals surface area contributed by atoms with Gasteiger partial charge in [0.25, 0.3) is 0 Å². The van der Waals surface area contributed by atoms with Crippen molar-refractivity contribution in [1.29, 1.82) is 0 Å². The monoisotopic (exact) mass is 1020 g/mol. The number of halogens is 6. The molecule has 0 saturated heterocycles. The quantitative estimate of drug-likeness (QED) is 0.0827. The van der Waals surface area contributed by atoms with Gasteiger partial charge in [-0.3, -0.25) is 0 Å². The molecule has 0 spiro atoms. The van der Waals surface area contributed by atoms with Crippen molar-refractivity contribution in [2.45, 2.75) is 24.1 Å². The fourth-order valence-electron chi connectivity index (χ4n) is 4.14. The first-order chi connectivity index (χ1) is 26.4. The van der Waals surface area contributed by atoms with Crippen molar-refractivity contribution >= 4 is 43.5 Å². The Hall–Kier alpha value is -5.27. The van der Waals surface area contributed by atoms with Gasteiger partial charge >= 0.3 is 32.1 Å². The molecule has 2 aromatic carbocycles. The summed E-state index contributed by atoms with van der Waals surface area (Å²) in [6.45, 7) is 1.49. The first kappa shape index (κ1) is 47.9. The first-order valence-corrected chi connectivity index (χ1v) is 18.5. The molecule has 0 aliphatic rings. The predicted molar refractivity (Wildman–Crippen MR) is 193 cm³/mol. The Bertz CT molecular complexity index is 2000. The minimum absolute atomic E-state index is 0. The van der Waals surface area contributed by atoms with Crippen LogP contribution in [0.25, 0.3) is 0 Å². The van der Waals surface area contributed by atoms with Crippen molar-refractivity contribution < 1.29 is 73.3 Å². The van der Waals surface area contributed by atoms with E-state index in [9.17, 15) is 26.3 Å². The molecule has 6 aromatic rings. The minimum Gasteiger partial charge on any atom is -0.741 e. The number of hydrogen-bond acceptors (Lipinski definition) is 12. The number of anilines is 4. The van der Waals surface area contributed by atoms with Crippen LogP contribution in [0.1, 0.15) is 11.1 Å². The van der Waals surface area contributed by atoms with Gasteiger partial charge in [0.05, 0.1) is 13.1 Å². The fourth-order valence-corrected chi connectivity index (χ4v) is 4.14. The van der Waals surface area contributed by atoms with Crippen LogP contribution < -0.4 is 9.80 Å². The van der Waals surface area contributed by atoms with Gasteiger partial charge in [0.15, 0.2) is 20.2 Å². The van der Waals surface area contributed by atoms with Gasteiger partial charge in [-0.2, -0.15) is 26.3 Å². The SMILES string of the molecule is O=S(=O)([O-])C(F)(F)F.O=S(=O)([O-])C(F)(F)F.[Pt+2].c1ccc(CN(c2ccccn2)c2ccccn2)cc1.c1ccc(CN(c2ccccn2)c2ccccn2)cc1. The number of benzene rings is 2. The second kappa shape index (κ2) is 22.5. The van der Waals surface area contributed by atoms with Gasteiger partial charge in [-0.25, -0.2) is 36.8 Å². The van der Waals surface area contributed by atoms with E-state index in [0.29, 0.717) is 0 Å². The maximum absolute atomic E-state index is 10.7. The molecule has 4 aromatic heterocycles. The zero-order valence-corrected chi connectivity index (χ0v) is 32.9. The van der Waals surface area contributed by atoms with Gasteiger partial charge in [-0.05, 0) is 59.7 Å². The Balaban J connectivity index is 0.000000285. The van der Waals surface area contributed by atoms with Gasteiger partial charge in [0.1, 0.15) is 23.3 Å². The molecule has 6 rings (SSSR count). The molecular formula is C36H30F6N6O6PtS2. The second-order valence-corrected chi connectivity index (χ2v) is 13.4. The predicted octanol–water partition coefficient (Wildman–Crippen LogP) is 7.73. The van der Waals surface area contributed by atoms with Crippen molar-refractivity contribution in [3.8, 4) is 0 Å². The standard InChI is InChI=1S/2C17H15N3.2CHF3O3S.Pt/c2*1-2-8-15(9-3-1)14-20(16-10-4-6-12-18-16)17-11-5-7-13-19-17;2*2-1(3,4)8(5,6)7;/h2*1-13H,14H2;2*(H,5,6,7);/q;;;;+2/p-2. The molecule has 0 N–H and O–H groups in total. The molecule has 57 heavy (non-hydrogen) atoms. The van der Waals surface area contributed by atoms with Crippen molar-refractivity contribution in [3.05, 3.63) is 169 Å². The number of hydrogen-bond donors (Lipinski definition) is 0. The third-order valence-electron chi connectivity index (χ3n) is 6.64. The average Bonchev–Trinajstić information content (AvgIpc) is 3.17. The number of aromatic nitrogens is 4. The Kier molecular flexibility index (Phi) is 18.9. The van der Waals surface area contributed by atoms with Crippen LogP contribution in [0.15, 0.2) is 158 Å². The summed E-state index contributed by atoms with van der Waals surface area (Å²) in [6.07, 6.45) is 7.21. The Morgan fingerprint density at radius 2 is 0.632 bits per heavy atom.